The van der Waals surface area contributed by atoms with Gasteiger partial charge >= 0.3 is 0 Å². The number of nitrogens with one attached hydrogen (secondary N) is 2. The van der Waals surface area contributed by atoms with Crippen molar-refractivity contribution in [1.29, 1.82) is 0 Å². The zero-order valence-electron chi connectivity index (χ0n) is 17.0. The number of rotatable bonds is 7. The predicted octanol–water partition coefficient (Wildman–Crippen LogP) is 4.07. The van der Waals surface area contributed by atoms with Crippen molar-refractivity contribution in [2.24, 2.45) is 23.2 Å². The van der Waals surface area contributed by atoms with Gasteiger partial charge in [-0.3, -0.25) is 4.79 Å². The topological polar surface area (TPSA) is 50.4 Å². The van der Waals surface area contributed by atoms with Crippen LogP contribution in [0.3, 0.4) is 0 Å². The average Bonchev–Trinajstić information content (AvgIpc) is 2.65. The number of methoxy groups -OCH3 is 1. The molecule has 4 aliphatic carbocycles. The highest BCUT2D eigenvalue weighted by Crippen LogP contribution is 2.61. The quantitative estimate of drug-likeness (QED) is 0.761. The molecule has 4 saturated carbocycles. The zero-order chi connectivity index (χ0) is 19.0. The van der Waals surface area contributed by atoms with Gasteiger partial charge in [-0.05, 0) is 81.6 Å². The van der Waals surface area contributed by atoms with Crippen molar-refractivity contribution < 1.29 is 9.53 Å². The maximum atomic E-state index is 12.6. The smallest absolute Gasteiger partial charge is 0.234 e. The van der Waals surface area contributed by atoms with E-state index in [1.165, 1.54) is 38.5 Å². The van der Waals surface area contributed by atoms with Crippen molar-refractivity contribution in [3.8, 4) is 5.75 Å². The minimum Gasteiger partial charge on any atom is -0.496 e. The average molecular weight is 371 g/mol. The van der Waals surface area contributed by atoms with E-state index in [9.17, 15) is 4.79 Å². The third kappa shape index (κ3) is 3.73. The van der Waals surface area contributed by atoms with Gasteiger partial charge in [-0.15, -0.1) is 0 Å². The molecule has 1 aromatic rings. The number of carbonyl (C=O) groups excluding carboxylic acids is 1. The summed E-state index contributed by atoms with van der Waals surface area (Å²) in [6.45, 7) is 4.66. The second-order valence-corrected chi connectivity index (χ2v) is 9.41. The van der Waals surface area contributed by atoms with Gasteiger partial charge in [0.25, 0.3) is 0 Å². The van der Waals surface area contributed by atoms with E-state index in [0.29, 0.717) is 12.0 Å². The SMILES string of the molecule is COc1ccccc1C(C)NCC(=O)NC(C)C12CC3CC(CC(C3)C1)C2. The molecule has 1 amide bonds. The highest BCUT2D eigenvalue weighted by molar-refractivity contribution is 5.78. The number of hydrogen-bond donors (Lipinski definition) is 2. The molecule has 4 fully saturated rings. The van der Waals surface area contributed by atoms with Crippen LogP contribution < -0.4 is 15.4 Å². The molecule has 27 heavy (non-hydrogen) atoms. The summed E-state index contributed by atoms with van der Waals surface area (Å²) in [6, 6.07) is 8.33. The number of hydrogen-bond acceptors (Lipinski definition) is 3. The molecule has 4 nitrogen and oxygen atoms in total. The van der Waals surface area contributed by atoms with Crippen LogP contribution in [-0.2, 0) is 4.79 Å². The minimum atomic E-state index is 0.0711. The van der Waals surface area contributed by atoms with Crippen LogP contribution in [-0.4, -0.2) is 25.6 Å². The summed E-state index contributed by atoms with van der Waals surface area (Å²) < 4.78 is 5.44. The summed E-state index contributed by atoms with van der Waals surface area (Å²) in [6.07, 6.45) is 8.30. The maximum Gasteiger partial charge on any atom is 0.234 e. The van der Waals surface area contributed by atoms with Crippen LogP contribution in [0.2, 0.25) is 0 Å². The van der Waals surface area contributed by atoms with Gasteiger partial charge in [0.15, 0.2) is 0 Å². The van der Waals surface area contributed by atoms with E-state index in [2.05, 4.69) is 24.5 Å². The molecule has 1 aromatic carbocycles. The van der Waals surface area contributed by atoms with Crippen molar-refractivity contribution in [1.82, 2.24) is 10.6 Å². The van der Waals surface area contributed by atoms with Crippen LogP contribution in [0, 0.1) is 23.2 Å². The lowest BCUT2D eigenvalue weighted by atomic mass is 9.48. The van der Waals surface area contributed by atoms with Gasteiger partial charge in [-0.2, -0.15) is 0 Å². The first-order valence-electron chi connectivity index (χ1n) is 10.6. The molecule has 2 N–H and O–H groups in total. The first-order chi connectivity index (χ1) is 13.0. The monoisotopic (exact) mass is 370 g/mol. The molecule has 2 unspecified atom stereocenters. The molecule has 0 spiro atoms. The van der Waals surface area contributed by atoms with Gasteiger partial charge in [0.05, 0.1) is 13.7 Å². The van der Waals surface area contributed by atoms with Gasteiger partial charge in [0.2, 0.25) is 5.91 Å². The molecule has 0 aromatic heterocycles. The summed E-state index contributed by atoms with van der Waals surface area (Å²) in [4.78, 5) is 12.6. The molecule has 0 radical (unpaired) electrons. The fraction of sp³-hybridized carbons (Fsp3) is 0.696. The summed E-state index contributed by atoms with van der Waals surface area (Å²) >= 11 is 0. The van der Waals surface area contributed by atoms with Gasteiger partial charge in [-0.25, -0.2) is 0 Å². The molecule has 5 rings (SSSR count). The second-order valence-electron chi connectivity index (χ2n) is 9.41. The largest absolute Gasteiger partial charge is 0.496 e. The second kappa shape index (κ2) is 7.46. The molecule has 4 bridgehead atoms. The zero-order valence-corrected chi connectivity index (χ0v) is 17.0. The lowest BCUT2D eigenvalue weighted by Crippen LogP contribution is -2.56. The normalized spacial score (nSPS) is 33.5. The predicted molar refractivity (Wildman–Crippen MR) is 108 cm³/mol. The van der Waals surface area contributed by atoms with Crippen molar-refractivity contribution in [3.05, 3.63) is 29.8 Å². The Morgan fingerprint density at radius 3 is 2.30 bits per heavy atom. The molecule has 0 saturated heterocycles. The Kier molecular flexibility index (Phi) is 5.19. The summed E-state index contributed by atoms with van der Waals surface area (Å²) in [5.41, 5.74) is 1.44. The molecule has 4 aliphatic rings. The van der Waals surface area contributed by atoms with Crippen LogP contribution in [0.4, 0.5) is 0 Å². The molecular formula is C23H34N2O2. The summed E-state index contributed by atoms with van der Waals surface area (Å²) in [7, 11) is 1.69. The van der Waals surface area contributed by atoms with Crippen LogP contribution in [0.5, 0.6) is 5.75 Å². The summed E-state index contributed by atoms with van der Waals surface area (Å²) in [5, 5.41) is 6.70. The van der Waals surface area contributed by atoms with E-state index < -0.39 is 0 Å². The van der Waals surface area contributed by atoms with E-state index in [-0.39, 0.29) is 18.0 Å². The summed E-state index contributed by atoms with van der Waals surface area (Å²) in [5.74, 6) is 3.72. The van der Waals surface area contributed by atoms with Gasteiger partial charge in [0.1, 0.15) is 5.75 Å². The van der Waals surface area contributed by atoms with Gasteiger partial charge in [0, 0.05) is 17.6 Å². The van der Waals surface area contributed by atoms with Crippen LogP contribution in [0.15, 0.2) is 24.3 Å². The van der Waals surface area contributed by atoms with Crippen molar-refractivity contribution in [3.63, 3.8) is 0 Å². The van der Waals surface area contributed by atoms with Gasteiger partial charge in [-0.1, -0.05) is 18.2 Å². The third-order valence-corrected chi connectivity index (χ3v) is 7.56. The standard InChI is InChI=1S/C23H34N2O2/c1-15(20-6-4-5-7-21(20)27-3)24-14-22(26)25-16(2)23-11-17-8-18(12-23)10-19(9-17)13-23/h4-7,15-19,24H,8-14H2,1-3H3,(H,25,26). The van der Waals surface area contributed by atoms with E-state index in [1.807, 2.05) is 24.3 Å². The first-order valence-corrected chi connectivity index (χ1v) is 10.6. The molecule has 0 aliphatic heterocycles. The fourth-order valence-corrected chi connectivity index (χ4v) is 6.53. The highest BCUT2D eigenvalue weighted by atomic mass is 16.5. The van der Waals surface area contributed by atoms with E-state index in [4.69, 9.17) is 4.74 Å². The Bertz CT molecular complexity index is 651. The number of carbonyl (C=O) groups is 1. The molecular weight excluding hydrogens is 336 g/mol. The van der Waals surface area contributed by atoms with Gasteiger partial charge < -0.3 is 15.4 Å². The van der Waals surface area contributed by atoms with Crippen molar-refractivity contribution >= 4 is 5.91 Å². The number of ether oxygens (including phenoxy) is 1. The third-order valence-electron chi connectivity index (χ3n) is 7.56. The number of amides is 1. The molecule has 148 valence electrons. The number of benzene rings is 1. The van der Waals surface area contributed by atoms with Crippen LogP contribution >= 0.6 is 0 Å². The van der Waals surface area contributed by atoms with Crippen molar-refractivity contribution in [2.45, 2.75) is 64.5 Å². The van der Waals surface area contributed by atoms with E-state index >= 15 is 0 Å². The Morgan fingerprint density at radius 2 is 1.70 bits per heavy atom. The van der Waals surface area contributed by atoms with E-state index in [0.717, 1.165) is 29.1 Å². The molecule has 4 heteroatoms. The minimum absolute atomic E-state index is 0.0711. The lowest BCUT2D eigenvalue weighted by molar-refractivity contribution is -0.125. The molecule has 2 atom stereocenters. The Hall–Kier alpha value is -1.55. The lowest BCUT2D eigenvalue weighted by Gasteiger charge is -2.59. The Labute approximate surface area is 163 Å². The maximum absolute atomic E-state index is 12.6. The van der Waals surface area contributed by atoms with E-state index in [1.54, 1.807) is 7.11 Å². The van der Waals surface area contributed by atoms with Crippen molar-refractivity contribution in [2.75, 3.05) is 13.7 Å². The van der Waals surface area contributed by atoms with Crippen LogP contribution in [0.1, 0.15) is 64.0 Å². The first kappa shape index (κ1) is 18.8. The Balaban J connectivity index is 1.32. The molecule has 0 heterocycles. The van der Waals surface area contributed by atoms with Crippen LogP contribution in [0.25, 0.3) is 0 Å². The highest BCUT2D eigenvalue weighted by Gasteiger charge is 2.53. The number of para-hydroxylation sites is 1. The fourth-order valence-electron chi connectivity index (χ4n) is 6.53. The Morgan fingerprint density at radius 1 is 1.11 bits per heavy atom.